The first kappa shape index (κ1) is 21.6. The minimum absolute atomic E-state index is 0.134. The summed E-state index contributed by atoms with van der Waals surface area (Å²) in [7, 11) is 4.11. The van der Waals surface area contributed by atoms with Crippen LogP contribution < -0.4 is 10.4 Å². The number of para-hydroxylation sites is 1. The van der Waals surface area contributed by atoms with Crippen LogP contribution in [0.15, 0.2) is 96.1 Å². The Morgan fingerprint density at radius 3 is 2.32 bits per heavy atom. The molecule has 5 aromatic rings. The summed E-state index contributed by atoms with van der Waals surface area (Å²) in [6.07, 6.45) is 3.50. The number of benzene rings is 3. The lowest BCUT2D eigenvalue weighted by molar-refractivity contribution is 0.387. The number of nitrogens with zero attached hydrogens (tertiary/aromatic N) is 4. The number of aromatic hydroxyl groups is 1. The van der Waals surface area contributed by atoms with Gasteiger partial charge < -0.3 is 19.3 Å². The van der Waals surface area contributed by atoms with Crippen LogP contribution >= 0.6 is 0 Å². The lowest BCUT2D eigenvalue weighted by Crippen LogP contribution is -2.21. The summed E-state index contributed by atoms with van der Waals surface area (Å²) in [6.45, 7) is 1.83. The minimum atomic E-state index is -0.347. The zero-order valence-corrected chi connectivity index (χ0v) is 19.1. The molecule has 0 saturated carbocycles. The van der Waals surface area contributed by atoms with Crippen molar-refractivity contribution in [3.63, 3.8) is 0 Å². The van der Waals surface area contributed by atoms with Gasteiger partial charge >= 0.3 is 5.69 Å². The van der Waals surface area contributed by atoms with Crippen LogP contribution in [0.5, 0.6) is 17.4 Å². The van der Waals surface area contributed by atoms with Crippen LogP contribution in [0.3, 0.4) is 0 Å². The van der Waals surface area contributed by atoms with E-state index in [9.17, 15) is 9.90 Å². The molecule has 0 spiro atoms. The lowest BCUT2D eigenvalue weighted by Gasteiger charge is -2.11. The highest BCUT2D eigenvalue weighted by atomic mass is 16.5. The number of fused-ring (bicyclic) bond motifs is 1. The second kappa shape index (κ2) is 8.96. The number of rotatable bonds is 7. The van der Waals surface area contributed by atoms with E-state index in [0.717, 1.165) is 29.7 Å². The molecule has 3 aromatic carbocycles. The van der Waals surface area contributed by atoms with Crippen LogP contribution in [0.4, 0.5) is 0 Å². The summed E-state index contributed by atoms with van der Waals surface area (Å²) in [6, 6.07) is 24.4. The third kappa shape index (κ3) is 4.21. The number of hydrogen-bond acceptors (Lipinski definition) is 4. The molecule has 7 nitrogen and oxygen atoms in total. The van der Waals surface area contributed by atoms with Gasteiger partial charge in [-0.15, -0.1) is 0 Å². The Kier molecular flexibility index (Phi) is 5.69. The number of ether oxygens (including phenoxy) is 1. The molecule has 0 aliphatic rings. The molecule has 0 aliphatic heterocycles. The molecule has 0 bridgehead atoms. The molecule has 172 valence electrons. The van der Waals surface area contributed by atoms with E-state index in [0.29, 0.717) is 17.1 Å². The summed E-state index contributed by atoms with van der Waals surface area (Å²) in [4.78, 5) is 15.4. The summed E-state index contributed by atoms with van der Waals surface area (Å²) < 4.78 is 10.8. The molecule has 0 aliphatic carbocycles. The third-order valence-electron chi connectivity index (χ3n) is 5.77. The van der Waals surface area contributed by atoms with Crippen molar-refractivity contribution in [3.05, 3.63) is 102 Å². The van der Waals surface area contributed by atoms with Crippen LogP contribution in [0.25, 0.3) is 22.3 Å². The van der Waals surface area contributed by atoms with Gasteiger partial charge in [-0.3, -0.25) is 4.57 Å². The first-order valence-corrected chi connectivity index (χ1v) is 11.1. The number of imidazole rings is 1. The van der Waals surface area contributed by atoms with Crippen molar-refractivity contribution in [3.8, 4) is 28.8 Å². The van der Waals surface area contributed by atoms with Gasteiger partial charge in [0.1, 0.15) is 11.5 Å². The molecule has 2 aromatic heterocycles. The number of likely N-dealkylation sites (N-methyl/N-ethyl adjacent to an activating group) is 1. The van der Waals surface area contributed by atoms with Gasteiger partial charge in [-0.1, -0.05) is 18.2 Å². The maximum absolute atomic E-state index is 13.2. The topological polar surface area (TPSA) is 64.6 Å². The number of aromatic nitrogens is 3. The van der Waals surface area contributed by atoms with Crippen molar-refractivity contribution in [1.82, 2.24) is 18.6 Å². The van der Waals surface area contributed by atoms with Crippen LogP contribution in [0.1, 0.15) is 0 Å². The molecule has 2 heterocycles. The van der Waals surface area contributed by atoms with Crippen LogP contribution in [-0.4, -0.2) is 44.3 Å². The van der Waals surface area contributed by atoms with E-state index in [4.69, 9.17) is 4.74 Å². The molecule has 5 rings (SSSR count). The second-order valence-corrected chi connectivity index (χ2v) is 8.44. The fourth-order valence-corrected chi connectivity index (χ4v) is 3.99. The Morgan fingerprint density at radius 1 is 0.882 bits per heavy atom. The fraction of sp³-hybridized carbons (Fsp3) is 0.148. The highest BCUT2D eigenvalue weighted by Gasteiger charge is 2.15. The van der Waals surface area contributed by atoms with Crippen LogP contribution in [0, 0.1) is 0 Å². The SMILES string of the molecule is CN(C)CCn1ccc2cc(-n3cc(O)n(-c4ccc(Oc5ccccc5)cc4)c3=O)ccc21. The minimum Gasteiger partial charge on any atom is -0.493 e. The summed E-state index contributed by atoms with van der Waals surface area (Å²) in [5.41, 5.74) is 2.01. The molecule has 1 N–H and O–H groups in total. The quantitative estimate of drug-likeness (QED) is 0.389. The zero-order chi connectivity index (χ0) is 23.7. The molecule has 0 fully saturated rings. The molecule has 0 amide bonds. The van der Waals surface area contributed by atoms with Crippen molar-refractivity contribution < 1.29 is 9.84 Å². The first-order valence-electron chi connectivity index (χ1n) is 11.1. The van der Waals surface area contributed by atoms with Gasteiger partial charge in [-0.25, -0.2) is 9.36 Å². The average molecular weight is 455 g/mol. The Morgan fingerprint density at radius 2 is 1.59 bits per heavy atom. The molecule has 34 heavy (non-hydrogen) atoms. The first-order chi connectivity index (χ1) is 16.5. The predicted octanol–water partition coefficient (Wildman–Crippen LogP) is 4.64. The maximum Gasteiger partial charge on any atom is 0.340 e. The van der Waals surface area contributed by atoms with E-state index in [-0.39, 0.29) is 11.6 Å². The van der Waals surface area contributed by atoms with Gasteiger partial charge in [0.05, 0.1) is 17.6 Å². The fourth-order valence-electron chi connectivity index (χ4n) is 3.99. The van der Waals surface area contributed by atoms with Gasteiger partial charge in [0.2, 0.25) is 5.88 Å². The molecule has 0 radical (unpaired) electrons. The zero-order valence-electron chi connectivity index (χ0n) is 19.1. The van der Waals surface area contributed by atoms with Crippen molar-refractivity contribution in [2.45, 2.75) is 6.54 Å². The normalized spacial score (nSPS) is 11.4. The molecule has 7 heteroatoms. The van der Waals surface area contributed by atoms with Gasteiger partial charge in [-0.05, 0) is 74.8 Å². The van der Waals surface area contributed by atoms with E-state index in [2.05, 4.69) is 29.8 Å². The predicted molar refractivity (Wildman–Crippen MR) is 134 cm³/mol. The summed E-state index contributed by atoms with van der Waals surface area (Å²) in [5, 5.41) is 11.6. The van der Waals surface area contributed by atoms with Crippen molar-refractivity contribution in [1.29, 1.82) is 0 Å². The van der Waals surface area contributed by atoms with E-state index in [1.54, 1.807) is 24.3 Å². The maximum atomic E-state index is 13.2. The van der Waals surface area contributed by atoms with Gasteiger partial charge in [0, 0.05) is 30.2 Å². The highest BCUT2D eigenvalue weighted by Crippen LogP contribution is 2.25. The lowest BCUT2D eigenvalue weighted by atomic mass is 10.2. The van der Waals surface area contributed by atoms with E-state index in [1.807, 2.05) is 54.6 Å². The Bertz CT molecular complexity index is 1480. The van der Waals surface area contributed by atoms with Crippen LogP contribution in [0.2, 0.25) is 0 Å². The van der Waals surface area contributed by atoms with Crippen LogP contribution in [-0.2, 0) is 6.54 Å². The monoisotopic (exact) mass is 454 g/mol. The third-order valence-corrected chi connectivity index (χ3v) is 5.77. The molecular formula is C27H26N4O3. The van der Waals surface area contributed by atoms with Crippen molar-refractivity contribution in [2.24, 2.45) is 0 Å². The standard InChI is InChI=1S/C27H26N4O3/c1-28(2)16-17-29-15-14-20-18-22(10-13-25(20)29)30-19-26(32)31(27(30)33)21-8-11-24(12-9-21)34-23-6-4-3-5-7-23/h3-15,18-19,32H,16-17H2,1-2H3. The molecule has 0 unspecified atom stereocenters. The Labute approximate surface area is 197 Å². The van der Waals surface area contributed by atoms with E-state index in [1.165, 1.54) is 15.3 Å². The highest BCUT2D eigenvalue weighted by molar-refractivity contribution is 5.82. The summed E-state index contributed by atoms with van der Waals surface area (Å²) >= 11 is 0. The largest absolute Gasteiger partial charge is 0.493 e. The van der Waals surface area contributed by atoms with Gasteiger partial charge in [0.15, 0.2) is 0 Å². The second-order valence-electron chi connectivity index (χ2n) is 8.44. The Balaban J connectivity index is 1.43. The van der Waals surface area contributed by atoms with Crippen molar-refractivity contribution in [2.75, 3.05) is 20.6 Å². The Hall–Kier alpha value is -4.23. The van der Waals surface area contributed by atoms with E-state index < -0.39 is 0 Å². The molecule has 0 atom stereocenters. The summed E-state index contributed by atoms with van der Waals surface area (Å²) in [5.74, 6) is 1.24. The molecular weight excluding hydrogens is 428 g/mol. The number of hydrogen-bond donors (Lipinski definition) is 1. The van der Waals surface area contributed by atoms with E-state index >= 15 is 0 Å². The smallest absolute Gasteiger partial charge is 0.340 e. The van der Waals surface area contributed by atoms with Crippen molar-refractivity contribution >= 4 is 10.9 Å². The average Bonchev–Trinajstić information content (AvgIpc) is 3.38. The van der Waals surface area contributed by atoms with Gasteiger partial charge in [-0.2, -0.15) is 0 Å². The molecule has 0 saturated heterocycles. The van der Waals surface area contributed by atoms with Gasteiger partial charge in [0.25, 0.3) is 0 Å².